The van der Waals surface area contributed by atoms with E-state index in [0.717, 1.165) is 31.7 Å². The van der Waals surface area contributed by atoms with Gasteiger partial charge in [0.05, 0.1) is 5.02 Å². The highest BCUT2D eigenvalue weighted by Gasteiger charge is 2.35. The number of benzene rings is 1. The summed E-state index contributed by atoms with van der Waals surface area (Å²) < 4.78 is 13.7. The molecule has 1 heterocycles. The summed E-state index contributed by atoms with van der Waals surface area (Å²) in [5.41, 5.74) is 0.980. The summed E-state index contributed by atoms with van der Waals surface area (Å²) in [7, 11) is 0. The molecule has 0 bridgehead atoms. The number of nitrogens with zero attached hydrogens (tertiary/aromatic N) is 1. The maximum atomic E-state index is 13.7. The second-order valence-corrected chi connectivity index (χ2v) is 5.94. The van der Waals surface area contributed by atoms with E-state index >= 15 is 0 Å². The summed E-state index contributed by atoms with van der Waals surface area (Å²) in [4.78, 5) is 2.47. The van der Waals surface area contributed by atoms with Gasteiger partial charge in [0.2, 0.25) is 0 Å². The monoisotopic (exact) mass is 318 g/mol. The number of halogens is 3. The van der Waals surface area contributed by atoms with Crippen LogP contribution in [0.25, 0.3) is 0 Å². The van der Waals surface area contributed by atoms with Crippen molar-refractivity contribution < 1.29 is 4.39 Å². The first kappa shape index (κ1) is 16.0. The fourth-order valence-electron chi connectivity index (χ4n) is 3.21. The minimum Gasteiger partial charge on any atom is -0.314 e. The highest BCUT2D eigenvalue weighted by Crippen LogP contribution is 2.43. The molecule has 0 radical (unpaired) electrons. The minimum atomic E-state index is -0.293. The first-order valence-electron chi connectivity index (χ1n) is 7.16. The third-order valence-electron chi connectivity index (χ3n) is 4.44. The van der Waals surface area contributed by atoms with Gasteiger partial charge in [-0.15, -0.1) is 12.4 Å². The van der Waals surface area contributed by atoms with Crippen molar-refractivity contribution in [3.8, 4) is 0 Å². The zero-order chi connectivity index (χ0) is 13.2. The fourth-order valence-corrected chi connectivity index (χ4v) is 3.45. The molecule has 1 saturated heterocycles. The van der Waals surface area contributed by atoms with E-state index in [1.54, 1.807) is 6.07 Å². The molecule has 112 valence electrons. The normalized spacial score (nSPS) is 21.9. The molecule has 1 saturated carbocycles. The van der Waals surface area contributed by atoms with E-state index in [4.69, 9.17) is 11.6 Å². The van der Waals surface area contributed by atoms with E-state index in [0.29, 0.717) is 17.0 Å². The predicted molar refractivity (Wildman–Crippen MR) is 83.2 cm³/mol. The van der Waals surface area contributed by atoms with Gasteiger partial charge in [-0.2, -0.15) is 0 Å². The Morgan fingerprint density at radius 2 is 1.95 bits per heavy atom. The molecule has 1 atom stereocenters. The molecule has 1 aliphatic carbocycles. The van der Waals surface area contributed by atoms with Crippen LogP contribution in [0, 0.1) is 11.7 Å². The van der Waals surface area contributed by atoms with Crippen molar-refractivity contribution in [3.63, 3.8) is 0 Å². The van der Waals surface area contributed by atoms with E-state index in [1.165, 1.54) is 25.3 Å². The number of piperazine rings is 1. The first-order valence-corrected chi connectivity index (χ1v) is 7.54. The summed E-state index contributed by atoms with van der Waals surface area (Å²) in [5.74, 6) is 0.344. The van der Waals surface area contributed by atoms with Crippen molar-refractivity contribution >= 4 is 24.0 Å². The van der Waals surface area contributed by atoms with Gasteiger partial charge in [-0.05, 0) is 30.4 Å². The van der Waals surface area contributed by atoms with E-state index in [2.05, 4.69) is 10.2 Å². The van der Waals surface area contributed by atoms with Crippen molar-refractivity contribution in [3.05, 3.63) is 34.6 Å². The van der Waals surface area contributed by atoms with Crippen molar-refractivity contribution in [1.82, 2.24) is 10.2 Å². The lowest BCUT2D eigenvalue weighted by Gasteiger charge is -2.43. The van der Waals surface area contributed by atoms with E-state index in [9.17, 15) is 4.39 Å². The van der Waals surface area contributed by atoms with Gasteiger partial charge in [0, 0.05) is 32.2 Å². The van der Waals surface area contributed by atoms with E-state index in [1.807, 2.05) is 6.07 Å². The van der Waals surface area contributed by atoms with Crippen LogP contribution in [-0.2, 0) is 0 Å². The zero-order valence-corrected chi connectivity index (χ0v) is 13.0. The molecule has 1 aromatic carbocycles. The van der Waals surface area contributed by atoms with Gasteiger partial charge in [-0.3, -0.25) is 4.90 Å². The van der Waals surface area contributed by atoms with Gasteiger partial charge in [-0.1, -0.05) is 30.2 Å². The van der Waals surface area contributed by atoms with Crippen LogP contribution in [0.3, 0.4) is 0 Å². The Balaban J connectivity index is 0.00000147. The molecular formula is C15H21Cl2FN2. The molecule has 1 N–H and O–H groups in total. The van der Waals surface area contributed by atoms with Crippen molar-refractivity contribution in [2.45, 2.75) is 25.3 Å². The SMILES string of the molecule is Cl.Fc1cccc([C@@H](C2CCC2)N2CCNCC2)c1Cl. The number of hydrogen-bond donors (Lipinski definition) is 1. The molecule has 5 heteroatoms. The Bertz CT molecular complexity index is 445. The molecule has 2 aliphatic rings. The number of hydrogen-bond acceptors (Lipinski definition) is 2. The summed E-state index contributed by atoms with van der Waals surface area (Å²) in [6.07, 6.45) is 3.77. The highest BCUT2D eigenvalue weighted by molar-refractivity contribution is 6.31. The van der Waals surface area contributed by atoms with Crippen molar-refractivity contribution in [2.24, 2.45) is 5.92 Å². The van der Waals surface area contributed by atoms with Crippen LogP contribution in [0.4, 0.5) is 4.39 Å². The molecule has 3 rings (SSSR count). The molecule has 2 fully saturated rings. The summed E-state index contributed by atoms with van der Waals surface area (Å²) >= 11 is 6.22. The third kappa shape index (κ3) is 3.11. The number of nitrogens with one attached hydrogen (secondary N) is 1. The van der Waals surface area contributed by atoms with Crippen molar-refractivity contribution in [2.75, 3.05) is 26.2 Å². The average Bonchev–Trinajstić information content (AvgIpc) is 2.38. The molecule has 20 heavy (non-hydrogen) atoms. The van der Waals surface area contributed by atoms with E-state index < -0.39 is 0 Å². The van der Waals surface area contributed by atoms with Crippen LogP contribution < -0.4 is 5.32 Å². The van der Waals surface area contributed by atoms with Crippen LogP contribution in [0.1, 0.15) is 30.9 Å². The second kappa shape index (κ2) is 7.08. The Labute approximate surface area is 131 Å². The number of rotatable bonds is 3. The standard InChI is InChI=1S/C15H20ClFN2.ClH/c16-14-12(5-2-6-13(14)17)15(11-3-1-4-11)19-9-7-18-8-10-19;/h2,5-6,11,15,18H,1,3-4,7-10H2;1H/t15-;/m1./s1. The summed E-state index contributed by atoms with van der Waals surface area (Å²) in [6, 6.07) is 5.52. The third-order valence-corrected chi connectivity index (χ3v) is 4.84. The van der Waals surface area contributed by atoms with Gasteiger partial charge in [-0.25, -0.2) is 4.39 Å². The maximum absolute atomic E-state index is 13.7. The Kier molecular flexibility index (Phi) is 5.67. The lowest BCUT2D eigenvalue weighted by molar-refractivity contribution is 0.0836. The highest BCUT2D eigenvalue weighted by atomic mass is 35.5. The first-order chi connectivity index (χ1) is 9.27. The summed E-state index contributed by atoms with van der Waals surface area (Å²) in [5, 5.41) is 3.69. The molecule has 1 aromatic rings. The Morgan fingerprint density at radius 3 is 2.55 bits per heavy atom. The van der Waals surface area contributed by atoms with Gasteiger partial charge >= 0.3 is 0 Å². The minimum absolute atomic E-state index is 0. The Morgan fingerprint density at radius 1 is 1.25 bits per heavy atom. The topological polar surface area (TPSA) is 15.3 Å². The van der Waals surface area contributed by atoms with Crippen LogP contribution in [0.2, 0.25) is 5.02 Å². The smallest absolute Gasteiger partial charge is 0.142 e. The lowest BCUT2D eigenvalue weighted by Crippen LogP contribution is -2.48. The molecule has 2 nitrogen and oxygen atoms in total. The van der Waals surface area contributed by atoms with E-state index in [-0.39, 0.29) is 18.2 Å². The van der Waals surface area contributed by atoms with Crippen molar-refractivity contribution in [1.29, 1.82) is 0 Å². The largest absolute Gasteiger partial charge is 0.314 e. The summed E-state index contributed by atoms with van der Waals surface area (Å²) in [6.45, 7) is 4.06. The van der Waals surface area contributed by atoms with Gasteiger partial charge in [0.15, 0.2) is 0 Å². The average molecular weight is 319 g/mol. The second-order valence-electron chi connectivity index (χ2n) is 5.56. The molecule has 0 aromatic heterocycles. The molecule has 0 unspecified atom stereocenters. The van der Waals surface area contributed by atoms with Gasteiger partial charge in [0.25, 0.3) is 0 Å². The van der Waals surface area contributed by atoms with Crippen LogP contribution in [0.5, 0.6) is 0 Å². The molecule has 0 amide bonds. The predicted octanol–water partition coefficient (Wildman–Crippen LogP) is 3.65. The quantitative estimate of drug-likeness (QED) is 0.915. The van der Waals surface area contributed by atoms with Gasteiger partial charge < -0.3 is 5.32 Å². The molecule has 1 aliphatic heterocycles. The Hall–Kier alpha value is -0.350. The fraction of sp³-hybridized carbons (Fsp3) is 0.600. The zero-order valence-electron chi connectivity index (χ0n) is 11.4. The molecular weight excluding hydrogens is 298 g/mol. The van der Waals surface area contributed by atoms with Crippen LogP contribution in [-0.4, -0.2) is 31.1 Å². The van der Waals surface area contributed by atoms with Gasteiger partial charge in [0.1, 0.15) is 5.82 Å². The van der Waals surface area contributed by atoms with Crippen LogP contribution in [0.15, 0.2) is 18.2 Å². The molecule has 0 spiro atoms. The lowest BCUT2D eigenvalue weighted by atomic mass is 9.76. The maximum Gasteiger partial charge on any atom is 0.142 e. The van der Waals surface area contributed by atoms with Crippen LogP contribution >= 0.6 is 24.0 Å².